The molecule has 0 atom stereocenters. The Kier molecular flexibility index (Phi) is 5.21. The SMILES string of the molecule is O=C(NCC1(C(=O)O)CCCCC1)c1ccc(C(=O)c2cc[nH]c2)cc1. The lowest BCUT2D eigenvalue weighted by atomic mass is 9.74. The second kappa shape index (κ2) is 7.56. The van der Waals surface area contributed by atoms with Crippen LogP contribution in [0.15, 0.2) is 42.7 Å². The molecular formula is C20H22N2O4. The maximum absolute atomic E-state index is 12.4. The summed E-state index contributed by atoms with van der Waals surface area (Å²) < 4.78 is 0. The third kappa shape index (κ3) is 3.69. The highest BCUT2D eigenvalue weighted by Gasteiger charge is 2.39. The number of rotatable bonds is 6. The number of benzene rings is 1. The number of aromatic amines is 1. The van der Waals surface area contributed by atoms with E-state index in [-0.39, 0.29) is 18.2 Å². The standard InChI is InChI=1S/C20H22N2O4/c23-17(16-8-11-21-12-16)14-4-6-15(7-5-14)18(24)22-13-20(19(25)26)9-2-1-3-10-20/h4-8,11-12,21H,1-3,9-10,13H2,(H,22,24)(H,25,26). The quantitative estimate of drug-likeness (QED) is 0.694. The van der Waals surface area contributed by atoms with Gasteiger partial charge in [0.1, 0.15) is 0 Å². The van der Waals surface area contributed by atoms with Crippen molar-refractivity contribution < 1.29 is 19.5 Å². The van der Waals surface area contributed by atoms with Gasteiger partial charge in [-0.05, 0) is 31.0 Å². The molecular weight excluding hydrogens is 332 g/mol. The predicted molar refractivity (Wildman–Crippen MR) is 96.2 cm³/mol. The molecule has 3 rings (SSSR count). The number of carbonyl (C=O) groups is 3. The van der Waals surface area contributed by atoms with Gasteiger partial charge in [0.05, 0.1) is 5.41 Å². The Morgan fingerprint density at radius 2 is 1.62 bits per heavy atom. The van der Waals surface area contributed by atoms with Crippen LogP contribution in [0, 0.1) is 5.41 Å². The van der Waals surface area contributed by atoms with Crippen molar-refractivity contribution in [2.24, 2.45) is 5.41 Å². The van der Waals surface area contributed by atoms with Gasteiger partial charge in [-0.2, -0.15) is 0 Å². The minimum Gasteiger partial charge on any atom is -0.481 e. The number of nitrogens with one attached hydrogen (secondary N) is 2. The number of amides is 1. The van der Waals surface area contributed by atoms with E-state index >= 15 is 0 Å². The molecule has 1 aromatic carbocycles. The summed E-state index contributed by atoms with van der Waals surface area (Å²) in [6.45, 7) is 0.130. The summed E-state index contributed by atoms with van der Waals surface area (Å²) in [6, 6.07) is 8.08. The molecule has 1 heterocycles. The number of H-pyrrole nitrogens is 1. The summed E-state index contributed by atoms with van der Waals surface area (Å²) >= 11 is 0. The Balaban J connectivity index is 1.64. The molecule has 0 unspecified atom stereocenters. The number of carboxylic acid groups (broad SMARTS) is 1. The lowest BCUT2D eigenvalue weighted by Gasteiger charge is -2.33. The van der Waals surface area contributed by atoms with Gasteiger partial charge in [0, 0.05) is 35.6 Å². The average molecular weight is 354 g/mol. The van der Waals surface area contributed by atoms with E-state index in [9.17, 15) is 19.5 Å². The van der Waals surface area contributed by atoms with Gasteiger partial charge >= 0.3 is 5.97 Å². The van der Waals surface area contributed by atoms with Crippen molar-refractivity contribution in [3.8, 4) is 0 Å². The first-order valence-corrected chi connectivity index (χ1v) is 8.81. The largest absolute Gasteiger partial charge is 0.481 e. The molecule has 6 heteroatoms. The summed E-state index contributed by atoms with van der Waals surface area (Å²) in [5.74, 6) is -1.29. The van der Waals surface area contributed by atoms with Gasteiger partial charge in [-0.1, -0.05) is 31.4 Å². The molecule has 1 amide bonds. The number of hydrogen-bond donors (Lipinski definition) is 3. The van der Waals surface area contributed by atoms with Crippen LogP contribution < -0.4 is 5.32 Å². The van der Waals surface area contributed by atoms with Gasteiger partial charge in [-0.3, -0.25) is 14.4 Å². The van der Waals surface area contributed by atoms with Crippen LogP contribution in [-0.4, -0.2) is 34.3 Å². The predicted octanol–water partition coefficient (Wildman–Crippen LogP) is 3.01. The summed E-state index contributed by atoms with van der Waals surface area (Å²) in [5, 5.41) is 12.3. The molecule has 26 heavy (non-hydrogen) atoms. The molecule has 0 spiro atoms. The summed E-state index contributed by atoms with van der Waals surface area (Å²) in [5.41, 5.74) is 0.600. The zero-order chi connectivity index (χ0) is 18.6. The first kappa shape index (κ1) is 17.9. The maximum atomic E-state index is 12.4. The Hall–Kier alpha value is -2.89. The third-order valence-electron chi connectivity index (χ3n) is 5.12. The molecule has 3 N–H and O–H groups in total. The van der Waals surface area contributed by atoms with Crippen molar-refractivity contribution in [1.82, 2.24) is 10.3 Å². The zero-order valence-electron chi connectivity index (χ0n) is 14.5. The Labute approximate surface area is 151 Å². The molecule has 1 aliphatic rings. The van der Waals surface area contributed by atoms with Crippen molar-refractivity contribution >= 4 is 17.7 Å². The molecule has 1 aromatic heterocycles. The number of carbonyl (C=O) groups excluding carboxylic acids is 2. The van der Waals surface area contributed by atoms with E-state index in [0.29, 0.717) is 29.5 Å². The van der Waals surface area contributed by atoms with Gasteiger partial charge in [0.2, 0.25) is 0 Å². The van der Waals surface area contributed by atoms with E-state index < -0.39 is 11.4 Å². The molecule has 136 valence electrons. The first-order chi connectivity index (χ1) is 12.5. The number of aromatic nitrogens is 1. The highest BCUT2D eigenvalue weighted by molar-refractivity contribution is 6.09. The number of hydrogen-bond acceptors (Lipinski definition) is 3. The second-order valence-corrected chi connectivity index (χ2v) is 6.83. The van der Waals surface area contributed by atoms with Gasteiger partial charge in [-0.25, -0.2) is 0 Å². The Morgan fingerprint density at radius 1 is 0.962 bits per heavy atom. The number of aliphatic carboxylic acids is 1. The van der Waals surface area contributed by atoms with E-state index in [2.05, 4.69) is 10.3 Å². The van der Waals surface area contributed by atoms with Crippen LogP contribution in [0.3, 0.4) is 0 Å². The van der Waals surface area contributed by atoms with E-state index in [4.69, 9.17) is 0 Å². The van der Waals surface area contributed by atoms with Crippen LogP contribution in [0.4, 0.5) is 0 Å². The Bertz CT molecular complexity index is 788. The molecule has 6 nitrogen and oxygen atoms in total. The van der Waals surface area contributed by atoms with Crippen molar-refractivity contribution in [3.05, 3.63) is 59.4 Å². The van der Waals surface area contributed by atoms with Crippen molar-refractivity contribution in [2.75, 3.05) is 6.54 Å². The smallest absolute Gasteiger partial charge is 0.311 e. The summed E-state index contributed by atoms with van der Waals surface area (Å²) in [6.07, 6.45) is 7.27. The van der Waals surface area contributed by atoms with Crippen LogP contribution >= 0.6 is 0 Å². The van der Waals surface area contributed by atoms with Gasteiger partial charge in [0.25, 0.3) is 5.91 Å². The average Bonchev–Trinajstić information content (AvgIpc) is 3.21. The highest BCUT2D eigenvalue weighted by Crippen LogP contribution is 2.36. The van der Waals surface area contributed by atoms with Crippen LogP contribution in [0.25, 0.3) is 0 Å². The highest BCUT2D eigenvalue weighted by atomic mass is 16.4. The fourth-order valence-corrected chi connectivity index (χ4v) is 3.45. The lowest BCUT2D eigenvalue weighted by Crippen LogP contribution is -2.44. The summed E-state index contributed by atoms with van der Waals surface area (Å²) in [7, 11) is 0. The molecule has 1 aliphatic carbocycles. The third-order valence-corrected chi connectivity index (χ3v) is 5.12. The van der Waals surface area contributed by atoms with Crippen LogP contribution in [0.5, 0.6) is 0 Å². The zero-order valence-corrected chi connectivity index (χ0v) is 14.5. The van der Waals surface area contributed by atoms with E-state index in [1.54, 1.807) is 42.7 Å². The number of ketones is 1. The molecule has 0 radical (unpaired) electrons. The lowest BCUT2D eigenvalue weighted by molar-refractivity contribution is -0.150. The summed E-state index contributed by atoms with van der Waals surface area (Å²) in [4.78, 5) is 39.1. The van der Waals surface area contributed by atoms with Crippen LogP contribution in [-0.2, 0) is 4.79 Å². The molecule has 0 saturated heterocycles. The van der Waals surface area contributed by atoms with Gasteiger partial charge in [0.15, 0.2) is 5.78 Å². The minimum absolute atomic E-state index is 0.120. The van der Waals surface area contributed by atoms with Crippen LogP contribution in [0.2, 0.25) is 0 Å². The topological polar surface area (TPSA) is 99.3 Å². The monoisotopic (exact) mass is 354 g/mol. The molecule has 1 fully saturated rings. The van der Waals surface area contributed by atoms with Gasteiger partial charge in [-0.15, -0.1) is 0 Å². The fourth-order valence-electron chi connectivity index (χ4n) is 3.45. The maximum Gasteiger partial charge on any atom is 0.311 e. The first-order valence-electron chi connectivity index (χ1n) is 8.81. The van der Waals surface area contributed by atoms with Crippen molar-refractivity contribution in [3.63, 3.8) is 0 Å². The Morgan fingerprint density at radius 3 is 2.19 bits per heavy atom. The fraction of sp³-hybridized carbons (Fsp3) is 0.350. The van der Waals surface area contributed by atoms with E-state index in [1.165, 1.54) is 0 Å². The minimum atomic E-state index is -0.863. The van der Waals surface area contributed by atoms with E-state index in [0.717, 1.165) is 19.3 Å². The molecule has 1 saturated carbocycles. The molecule has 0 bridgehead atoms. The molecule has 2 aromatic rings. The van der Waals surface area contributed by atoms with Crippen LogP contribution in [0.1, 0.15) is 58.4 Å². The normalized spacial score (nSPS) is 16.0. The van der Waals surface area contributed by atoms with E-state index in [1.807, 2.05) is 0 Å². The second-order valence-electron chi connectivity index (χ2n) is 6.83. The number of carboxylic acids is 1. The molecule has 0 aliphatic heterocycles. The van der Waals surface area contributed by atoms with Gasteiger partial charge < -0.3 is 15.4 Å². The van der Waals surface area contributed by atoms with Crippen molar-refractivity contribution in [2.45, 2.75) is 32.1 Å². The van der Waals surface area contributed by atoms with Crippen molar-refractivity contribution in [1.29, 1.82) is 0 Å².